The average Bonchev–Trinajstić information content (AvgIpc) is 3.24. The number of halogens is 1. The number of rotatable bonds is 4. The number of H-pyrrole nitrogens is 1. The van der Waals surface area contributed by atoms with Crippen molar-refractivity contribution >= 4 is 17.2 Å². The Morgan fingerprint density at radius 2 is 2.14 bits per heavy atom. The molecule has 0 unspecified atom stereocenters. The molecule has 0 saturated carbocycles. The molecule has 3 aromatic rings. The van der Waals surface area contributed by atoms with Gasteiger partial charge in [0.2, 0.25) is 5.91 Å². The van der Waals surface area contributed by atoms with Gasteiger partial charge in [0, 0.05) is 23.6 Å². The van der Waals surface area contributed by atoms with E-state index in [2.05, 4.69) is 9.97 Å². The monoisotopic (exact) mass is 397 g/mol. The second-order valence-corrected chi connectivity index (χ2v) is 7.67. The van der Waals surface area contributed by atoms with Crippen LogP contribution in [-0.4, -0.2) is 27.3 Å². The van der Waals surface area contributed by atoms with Crippen molar-refractivity contribution < 1.29 is 9.18 Å². The summed E-state index contributed by atoms with van der Waals surface area (Å²) in [5.41, 5.74) is 1.63. The number of nitrogens with zero attached hydrogens (tertiary/aromatic N) is 2. The molecule has 1 N–H and O–H groups in total. The quantitative estimate of drug-likeness (QED) is 0.725. The predicted octanol–water partition coefficient (Wildman–Crippen LogP) is 3.93. The number of piperidine rings is 1. The fraction of sp³-hybridized carbons (Fsp3) is 0.286. The fourth-order valence-electron chi connectivity index (χ4n) is 3.61. The number of aromatic amines is 1. The summed E-state index contributed by atoms with van der Waals surface area (Å²) in [6.07, 6.45) is 2.55. The first-order valence-corrected chi connectivity index (χ1v) is 10.2. The Bertz CT molecular complexity index is 1030. The van der Waals surface area contributed by atoms with Crippen LogP contribution in [0.4, 0.5) is 4.39 Å². The molecule has 0 radical (unpaired) electrons. The van der Waals surface area contributed by atoms with E-state index in [9.17, 15) is 14.0 Å². The number of aromatic nitrogens is 2. The normalized spacial score (nSPS) is 16.9. The third kappa shape index (κ3) is 3.89. The molecule has 1 aliphatic rings. The van der Waals surface area contributed by atoms with E-state index in [0.717, 1.165) is 24.8 Å². The predicted molar refractivity (Wildman–Crippen MR) is 107 cm³/mol. The largest absolute Gasteiger partial charge is 0.332 e. The smallest absolute Gasteiger partial charge is 0.251 e. The number of hydrogen-bond acceptors (Lipinski definition) is 4. The van der Waals surface area contributed by atoms with Crippen LogP contribution in [0.25, 0.3) is 11.3 Å². The molecular formula is C21H20FN3O2S. The Balaban J connectivity index is 1.63. The Morgan fingerprint density at radius 3 is 2.93 bits per heavy atom. The van der Waals surface area contributed by atoms with Crippen molar-refractivity contribution in [3.63, 3.8) is 0 Å². The van der Waals surface area contributed by atoms with E-state index in [0.29, 0.717) is 23.6 Å². The number of nitrogens with one attached hydrogen (secondary N) is 1. The lowest BCUT2D eigenvalue weighted by Gasteiger charge is -2.35. The van der Waals surface area contributed by atoms with E-state index in [1.165, 1.54) is 23.5 Å². The van der Waals surface area contributed by atoms with Crippen molar-refractivity contribution in [1.29, 1.82) is 0 Å². The number of thiophene rings is 1. The van der Waals surface area contributed by atoms with Crippen LogP contribution in [0.2, 0.25) is 0 Å². The molecule has 1 amide bonds. The van der Waals surface area contributed by atoms with E-state index in [1.54, 1.807) is 23.1 Å². The van der Waals surface area contributed by atoms with Crippen molar-refractivity contribution in [2.75, 3.05) is 6.54 Å². The molecule has 0 aliphatic carbocycles. The minimum absolute atomic E-state index is 0.00235. The van der Waals surface area contributed by atoms with Crippen molar-refractivity contribution in [2.24, 2.45) is 0 Å². The maximum Gasteiger partial charge on any atom is 0.251 e. The maximum absolute atomic E-state index is 14.0. The summed E-state index contributed by atoms with van der Waals surface area (Å²) in [7, 11) is 0. The molecule has 0 spiro atoms. The summed E-state index contributed by atoms with van der Waals surface area (Å²) in [6.45, 7) is 0.574. The first-order valence-electron chi connectivity index (χ1n) is 9.28. The molecule has 1 atom stereocenters. The highest BCUT2D eigenvalue weighted by molar-refractivity contribution is 7.08. The van der Waals surface area contributed by atoms with Crippen LogP contribution in [0.3, 0.4) is 0 Å². The molecule has 1 fully saturated rings. The summed E-state index contributed by atoms with van der Waals surface area (Å²) in [5.74, 6) is -0.0379. The topological polar surface area (TPSA) is 66.1 Å². The average molecular weight is 397 g/mol. The molecule has 0 bridgehead atoms. The molecule has 1 aliphatic heterocycles. The van der Waals surface area contributed by atoms with Gasteiger partial charge in [-0.05, 0) is 42.3 Å². The molecule has 7 heteroatoms. The van der Waals surface area contributed by atoms with Crippen LogP contribution in [0.1, 0.15) is 36.7 Å². The van der Waals surface area contributed by atoms with Crippen molar-refractivity contribution in [1.82, 2.24) is 14.9 Å². The number of carbonyl (C=O) groups excluding carboxylic acids is 1. The van der Waals surface area contributed by atoms with Crippen LogP contribution in [0, 0.1) is 5.82 Å². The first-order chi connectivity index (χ1) is 13.6. The van der Waals surface area contributed by atoms with Crippen LogP contribution in [0.15, 0.2) is 52.0 Å². The van der Waals surface area contributed by atoms with Crippen LogP contribution in [0.5, 0.6) is 0 Å². The summed E-state index contributed by atoms with van der Waals surface area (Å²) >= 11 is 1.54. The molecular weight excluding hydrogens is 377 g/mol. The Labute approximate surface area is 165 Å². The van der Waals surface area contributed by atoms with Gasteiger partial charge >= 0.3 is 0 Å². The lowest BCUT2D eigenvalue weighted by atomic mass is 9.99. The highest BCUT2D eigenvalue weighted by atomic mass is 32.1. The van der Waals surface area contributed by atoms with Crippen LogP contribution >= 0.6 is 11.3 Å². The van der Waals surface area contributed by atoms with Gasteiger partial charge in [-0.15, -0.1) is 0 Å². The summed E-state index contributed by atoms with van der Waals surface area (Å²) in [4.78, 5) is 34.3. The van der Waals surface area contributed by atoms with E-state index < -0.39 is 0 Å². The van der Waals surface area contributed by atoms with Crippen LogP contribution in [-0.2, 0) is 11.2 Å². The second-order valence-electron chi connectivity index (χ2n) is 6.89. The zero-order chi connectivity index (χ0) is 19.5. The van der Waals surface area contributed by atoms with E-state index in [-0.39, 0.29) is 29.7 Å². The standard InChI is InChI=1S/C21H20FN3O2S/c22-16-6-2-1-5-14(16)11-20(27)25-9-4-3-7-18(25)21-23-17(12-19(26)24-21)15-8-10-28-13-15/h1-2,5-6,8,10,12-13,18H,3-4,7,9,11H2,(H,23,24,26)/t18-/m1/s1. The Hall–Kier alpha value is -2.80. The summed E-state index contributed by atoms with van der Waals surface area (Å²) in [5, 5.41) is 3.87. The maximum atomic E-state index is 14.0. The highest BCUT2D eigenvalue weighted by Gasteiger charge is 2.30. The molecule has 144 valence electrons. The van der Waals surface area contributed by atoms with Gasteiger partial charge < -0.3 is 9.88 Å². The Kier molecular flexibility index (Phi) is 5.34. The van der Waals surface area contributed by atoms with Crippen LogP contribution < -0.4 is 5.56 Å². The minimum Gasteiger partial charge on any atom is -0.332 e. The first kappa shape index (κ1) is 18.6. The lowest BCUT2D eigenvalue weighted by molar-refractivity contribution is -0.134. The third-order valence-corrected chi connectivity index (χ3v) is 5.70. The van der Waals surface area contributed by atoms with Gasteiger partial charge in [0.25, 0.3) is 5.56 Å². The van der Waals surface area contributed by atoms with Gasteiger partial charge in [-0.25, -0.2) is 9.37 Å². The molecule has 5 nitrogen and oxygen atoms in total. The SMILES string of the molecule is O=C(Cc1ccccc1F)N1CCCC[C@@H]1c1nc(-c2ccsc2)cc(=O)[nH]1. The summed E-state index contributed by atoms with van der Waals surface area (Å²) in [6, 6.07) is 9.40. The number of benzene rings is 1. The summed E-state index contributed by atoms with van der Waals surface area (Å²) < 4.78 is 14.0. The second kappa shape index (κ2) is 8.06. The van der Waals surface area contributed by atoms with Crippen molar-refractivity contribution in [3.8, 4) is 11.3 Å². The third-order valence-electron chi connectivity index (χ3n) is 5.02. The number of likely N-dealkylation sites (tertiary alicyclic amines) is 1. The molecule has 4 rings (SSSR count). The molecule has 3 heterocycles. The van der Waals surface area contributed by atoms with Gasteiger partial charge in [0.15, 0.2) is 0 Å². The van der Waals surface area contributed by atoms with Gasteiger partial charge in [-0.2, -0.15) is 11.3 Å². The van der Waals surface area contributed by atoms with Gasteiger partial charge in [-0.3, -0.25) is 9.59 Å². The van der Waals surface area contributed by atoms with Gasteiger partial charge in [0.1, 0.15) is 11.6 Å². The molecule has 1 saturated heterocycles. The molecule has 2 aromatic heterocycles. The van der Waals surface area contributed by atoms with Crippen molar-refractivity contribution in [3.05, 3.63) is 74.7 Å². The van der Waals surface area contributed by atoms with Crippen molar-refractivity contribution in [2.45, 2.75) is 31.7 Å². The fourth-order valence-corrected chi connectivity index (χ4v) is 4.26. The van der Waals surface area contributed by atoms with E-state index in [1.807, 2.05) is 16.8 Å². The van der Waals surface area contributed by atoms with Gasteiger partial charge in [0.05, 0.1) is 18.2 Å². The minimum atomic E-state index is -0.379. The number of hydrogen-bond donors (Lipinski definition) is 1. The molecule has 1 aromatic carbocycles. The van der Waals surface area contributed by atoms with Gasteiger partial charge in [-0.1, -0.05) is 18.2 Å². The van der Waals surface area contributed by atoms with E-state index >= 15 is 0 Å². The lowest BCUT2D eigenvalue weighted by Crippen LogP contribution is -2.40. The Morgan fingerprint density at radius 1 is 1.29 bits per heavy atom. The zero-order valence-corrected chi connectivity index (χ0v) is 16.0. The number of carbonyl (C=O) groups is 1. The highest BCUT2D eigenvalue weighted by Crippen LogP contribution is 2.30. The molecule has 28 heavy (non-hydrogen) atoms. The van der Waals surface area contributed by atoms with E-state index in [4.69, 9.17) is 0 Å². The number of amides is 1. The zero-order valence-electron chi connectivity index (χ0n) is 15.2.